The first-order chi connectivity index (χ1) is 9.51. The molecule has 0 saturated heterocycles. The Kier molecular flexibility index (Phi) is 4.36. The Morgan fingerprint density at radius 3 is 2.90 bits per heavy atom. The molecule has 20 heavy (non-hydrogen) atoms. The molecule has 1 heterocycles. The van der Waals surface area contributed by atoms with E-state index in [0.29, 0.717) is 11.7 Å². The van der Waals surface area contributed by atoms with Gasteiger partial charge in [-0.2, -0.15) is 5.10 Å². The molecule has 1 unspecified atom stereocenters. The van der Waals surface area contributed by atoms with Crippen molar-refractivity contribution in [2.45, 2.75) is 25.9 Å². The van der Waals surface area contributed by atoms with Gasteiger partial charge in [-0.05, 0) is 32.0 Å². The number of carbonyl (C=O) groups is 1. The smallest absolute Gasteiger partial charge is 0.243 e. The quantitative estimate of drug-likeness (QED) is 0.867. The van der Waals surface area contributed by atoms with Crippen LogP contribution in [-0.2, 0) is 9.53 Å². The molecule has 0 aliphatic heterocycles. The van der Waals surface area contributed by atoms with Crippen LogP contribution in [0.4, 0.5) is 5.69 Å². The monoisotopic (exact) mass is 276 g/mol. The van der Waals surface area contributed by atoms with Crippen LogP contribution in [0.3, 0.4) is 0 Å². The zero-order valence-corrected chi connectivity index (χ0v) is 12.0. The van der Waals surface area contributed by atoms with Gasteiger partial charge in [-0.25, -0.2) is 0 Å². The lowest BCUT2D eigenvalue weighted by Crippen LogP contribution is -2.39. The number of nitrogens with two attached hydrogens (primary N) is 1. The van der Waals surface area contributed by atoms with E-state index in [0.717, 1.165) is 10.9 Å². The SMILES string of the molecule is COCC(N)C(=O)Nc1ccc2nn(C(C)C)cc2c1. The second-order valence-corrected chi connectivity index (χ2v) is 5.03. The minimum absolute atomic E-state index is 0.194. The zero-order chi connectivity index (χ0) is 14.7. The highest BCUT2D eigenvalue weighted by Gasteiger charge is 2.13. The summed E-state index contributed by atoms with van der Waals surface area (Å²) in [6.45, 7) is 4.33. The van der Waals surface area contributed by atoms with Crippen LogP contribution in [-0.4, -0.2) is 35.4 Å². The Hall–Kier alpha value is -1.92. The normalized spacial score (nSPS) is 12.8. The van der Waals surface area contributed by atoms with Crippen LogP contribution in [0.15, 0.2) is 24.4 Å². The zero-order valence-electron chi connectivity index (χ0n) is 12.0. The lowest BCUT2D eigenvalue weighted by atomic mass is 10.2. The van der Waals surface area contributed by atoms with E-state index >= 15 is 0 Å². The van der Waals surface area contributed by atoms with Crippen LogP contribution >= 0.6 is 0 Å². The predicted octanol–water partition coefficient (Wildman–Crippen LogP) is 1.53. The molecule has 108 valence electrons. The second-order valence-electron chi connectivity index (χ2n) is 5.03. The fraction of sp³-hybridized carbons (Fsp3) is 0.429. The van der Waals surface area contributed by atoms with Crippen LogP contribution in [0.25, 0.3) is 10.9 Å². The van der Waals surface area contributed by atoms with Crippen LogP contribution in [0.5, 0.6) is 0 Å². The van der Waals surface area contributed by atoms with Crippen molar-refractivity contribution in [1.29, 1.82) is 0 Å². The van der Waals surface area contributed by atoms with Crippen molar-refractivity contribution in [1.82, 2.24) is 9.78 Å². The highest BCUT2D eigenvalue weighted by molar-refractivity contribution is 5.96. The molecule has 0 saturated carbocycles. The number of fused-ring (bicyclic) bond motifs is 1. The minimum atomic E-state index is -0.672. The lowest BCUT2D eigenvalue weighted by molar-refractivity contribution is -0.118. The van der Waals surface area contributed by atoms with Gasteiger partial charge in [0.05, 0.1) is 12.1 Å². The number of ether oxygens (including phenoxy) is 1. The van der Waals surface area contributed by atoms with E-state index in [9.17, 15) is 4.79 Å². The van der Waals surface area contributed by atoms with Gasteiger partial charge in [0, 0.05) is 30.4 Å². The van der Waals surface area contributed by atoms with E-state index < -0.39 is 6.04 Å². The van der Waals surface area contributed by atoms with Gasteiger partial charge in [-0.3, -0.25) is 9.48 Å². The molecule has 1 aromatic heterocycles. The highest BCUT2D eigenvalue weighted by atomic mass is 16.5. The molecular weight excluding hydrogens is 256 g/mol. The number of benzene rings is 1. The molecule has 6 heteroatoms. The van der Waals surface area contributed by atoms with E-state index in [4.69, 9.17) is 10.5 Å². The lowest BCUT2D eigenvalue weighted by Gasteiger charge is -2.11. The van der Waals surface area contributed by atoms with Gasteiger partial charge in [-0.1, -0.05) is 0 Å². The molecule has 0 aliphatic carbocycles. The number of rotatable bonds is 5. The van der Waals surface area contributed by atoms with Crippen molar-refractivity contribution in [2.24, 2.45) is 5.73 Å². The second kappa shape index (κ2) is 6.02. The molecule has 2 rings (SSSR count). The summed E-state index contributed by atoms with van der Waals surface area (Å²) in [4.78, 5) is 11.8. The largest absolute Gasteiger partial charge is 0.383 e. The Balaban J connectivity index is 2.17. The Labute approximate surface area is 117 Å². The van der Waals surface area contributed by atoms with Crippen LogP contribution in [0, 0.1) is 0 Å². The molecule has 0 bridgehead atoms. The summed E-state index contributed by atoms with van der Waals surface area (Å²) in [5.74, 6) is -0.262. The summed E-state index contributed by atoms with van der Waals surface area (Å²) in [6.07, 6.45) is 1.96. The third kappa shape index (κ3) is 3.15. The van der Waals surface area contributed by atoms with Crippen LogP contribution < -0.4 is 11.1 Å². The van der Waals surface area contributed by atoms with Gasteiger partial charge in [0.15, 0.2) is 0 Å². The van der Waals surface area contributed by atoms with E-state index in [-0.39, 0.29) is 12.5 Å². The molecule has 0 spiro atoms. The number of hydrogen-bond donors (Lipinski definition) is 2. The summed E-state index contributed by atoms with van der Waals surface area (Å²) in [7, 11) is 1.51. The molecular formula is C14H20N4O2. The predicted molar refractivity (Wildman–Crippen MR) is 78.6 cm³/mol. The molecule has 1 atom stereocenters. The summed E-state index contributed by atoms with van der Waals surface area (Å²) in [5, 5.41) is 8.22. The average Bonchev–Trinajstić information content (AvgIpc) is 2.82. The summed E-state index contributed by atoms with van der Waals surface area (Å²) < 4.78 is 6.76. The number of hydrogen-bond acceptors (Lipinski definition) is 4. The van der Waals surface area contributed by atoms with Gasteiger partial charge in [0.1, 0.15) is 6.04 Å². The number of nitrogens with one attached hydrogen (secondary N) is 1. The number of anilines is 1. The van der Waals surface area contributed by atoms with Gasteiger partial charge in [0.25, 0.3) is 0 Å². The van der Waals surface area contributed by atoms with Crippen molar-refractivity contribution in [3.05, 3.63) is 24.4 Å². The highest BCUT2D eigenvalue weighted by Crippen LogP contribution is 2.19. The molecule has 0 aliphatic rings. The Morgan fingerprint density at radius 2 is 2.25 bits per heavy atom. The van der Waals surface area contributed by atoms with Crippen LogP contribution in [0.1, 0.15) is 19.9 Å². The number of carbonyl (C=O) groups excluding carboxylic acids is 1. The topological polar surface area (TPSA) is 82.2 Å². The first kappa shape index (κ1) is 14.5. The number of amides is 1. The van der Waals surface area contributed by atoms with Gasteiger partial charge in [-0.15, -0.1) is 0 Å². The molecule has 1 amide bonds. The van der Waals surface area contributed by atoms with Gasteiger partial charge < -0.3 is 15.8 Å². The van der Waals surface area contributed by atoms with Gasteiger partial charge in [0.2, 0.25) is 5.91 Å². The molecule has 1 aromatic carbocycles. The fourth-order valence-electron chi connectivity index (χ4n) is 1.88. The van der Waals surface area contributed by atoms with Crippen LogP contribution in [0.2, 0.25) is 0 Å². The fourth-order valence-corrected chi connectivity index (χ4v) is 1.88. The maximum absolute atomic E-state index is 11.8. The Morgan fingerprint density at radius 1 is 1.50 bits per heavy atom. The Bertz CT molecular complexity index is 606. The average molecular weight is 276 g/mol. The van der Waals surface area contributed by atoms with E-state index in [1.165, 1.54) is 7.11 Å². The maximum Gasteiger partial charge on any atom is 0.243 e. The molecule has 6 nitrogen and oxygen atoms in total. The first-order valence-corrected chi connectivity index (χ1v) is 6.55. The molecule has 3 N–H and O–H groups in total. The van der Waals surface area contributed by atoms with E-state index in [2.05, 4.69) is 24.3 Å². The summed E-state index contributed by atoms with van der Waals surface area (Å²) in [5.41, 5.74) is 7.29. The summed E-state index contributed by atoms with van der Waals surface area (Å²) in [6, 6.07) is 5.21. The molecule has 2 aromatic rings. The number of methoxy groups -OCH3 is 1. The maximum atomic E-state index is 11.8. The molecule has 0 radical (unpaired) electrons. The molecule has 0 fully saturated rings. The van der Waals surface area contributed by atoms with E-state index in [1.807, 2.05) is 29.1 Å². The van der Waals surface area contributed by atoms with Crippen molar-refractivity contribution in [2.75, 3.05) is 19.0 Å². The standard InChI is InChI=1S/C14H20N4O2/c1-9(2)18-7-10-6-11(4-5-13(10)17-18)16-14(19)12(15)8-20-3/h4-7,9,12H,8,15H2,1-3H3,(H,16,19). The van der Waals surface area contributed by atoms with E-state index in [1.54, 1.807) is 0 Å². The first-order valence-electron chi connectivity index (χ1n) is 6.55. The van der Waals surface area contributed by atoms with Gasteiger partial charge >= 0.3 is 0 Å². The van der Waals surface area contributed by atoms with Crippen molar-refractivity contribution in [3.63, 3.8) is 0 Å². The third-order valence-corrected chi connectivity index (χ3v) is 3.00. The van der Waals surface area contributed by atoms with Crippen molar-refractivity contribution >= 4 is 22.5 Å². The van der Waals surface area contributed by atoms with Crippen molar-refractivity contribution in [3.8, 4) is 0 Å². The number of aromatic nitrogens is 2. The number of nitrogens with zero attached hydrogens (tertiary/aromatic N) is 2. The van der Waals surface area contributed by atoms with Crippen molar-refractivity contribution < 1.29 is 9.53 Å². The summed E-state index contributed by atoms with van der Waals surface area (Å²) >= 11 is 0. The minimum Gasteiger partial charge on any atom is -0.383 e. The third-order valence-electron chi connectivity index (χ3n) is 3.00.